The van der Waals surface area contributed by atoms with E-state index in [-0.39, 0.29) is 36.4 Å². The molecule has 1 rings (SSSR count). The van der Waals surface area contributed by atoms with Crippen molar-refractivity contribution in [1.82, 2.24) is 10.6 Å². The lowest BCUT2D eigenvalue weighted by atomic mass is 10.2. The van der Waals surface area contributed by atoms with Gasteiger partial charge in [0.05, 0.1) is 6.54 Å². The zero-order valence-electron chi connectivity index (χ0n) is 15.5. The minimum absolute atomic E-state index is 0. The molecule has 144 valence electrons. The molecule has 0 atom stereocenters. The molecule has 0 unspecified atom stereocenters. The molecule has 0 saturated heterocycles. The maximum atomic E-state index is 12.0. The molecule has 0 radical (unpaired) electrons. The minimum atomic E-state index is -0.167. The van der Waals surface area contributed by atoms with E-state index in [1.807, 2.05) is 6.07 Å². The number of carbonyl (C=O) groups excluding carboxylic acids is 1. The Morgan fingerprint density at radius 3 is 2.73 bits per heavy atom. The third-order valence-electron chi connectivity index (χ3n) is 3.35. The van der Waals surface area contributed by atoms with Crippen molar-refractivity contribution < 1.29 is 9.53 Å². The van der Waals surface area contributed by atoms with Gasteiger partial charge in [0.15, 0.2) is 5.96 Å². The summed E-state index contributed by atoms with van der Waals surface area (Å²) in [4.78, 5) is 16.1. The molecular formula is C19H29IN4O2. The van der Waals surface area contributed by atoms with E-state index in [0.29, 0.717) is 11.6 Å². The molecule has 6 nitrogen and oxygen atoms in total. The smallest absolute Gasteiger partial charge is 0.243 e. The predicted molar refractivity (Wildman–Crippen MR) is 118 cm³/mol. The number of amides is 1. The molecule has 0 aliphatic heterocycles. The van der Waals surface area contributed by atoms with Gasteiger partial charge in [-0.25, -0.2) is 0 Å². The number of carbonyl (C=O) groups is 1. The van der Waals surface area contributed by atoms with Gasteiger partial charge in [-0.3, -0.25) is 9.79 Å². The number of ether oxygens (including phenoxy) is 1. The molecule has 3 N–H and O–H groups in total. The SMILES string of the molecule is C#Cc1cccc(NC(=O)CNC(=NC)NCCCOCCCC)c1.I. The van der Waals surface area contributed by atoms with Crippen molar-refractivity contribution in [2.24, 2.45) is 4.99 Å². The van der Waals surface area contributed by atoms with Crippen LogP contribution in [0.5, 0.6) is 0 Å². The molecule has 0 saturated carbocycles. The highest BCUT2D eigenvalue weighted by Crippen LogP contribution is 2.09. The highest BCUT2D eigenvalue weighted by atomic mass is 127. The second-order valence-corrected chi connectivity index (χ2v) is 5.45. The topological polar surface area (TPSA) is 74.8 Å². The molecule has 0 aliphatic carbocycles. The highest BCUT2D eigenvalue weighted by molar-refractivity contribution is 14.0. The van der Waals surface area contributed by atoms with Gasteiger partial charge in [-0.15, -0.1) is 30.4 Å². The van der Waals surface area contributed by atoms with Crippen molar-refractivity contribution in [2.45, 2.75) is 26.2 Å². The quantitative estimate of drug-likeness (QED) is 0.161. The number of hydrogen-bond acceptors (Lipinski definition) is 3. The first-order valence-electron chi connectivity index (χ1n) is 8.58. The number of halogens is 1. The number of unbranched alkanes of at least 4 members (excludes halogenated alkanes) is 1. The highest BCUT2D eigenvalue weighted by Gasteiger charge is 2.04. The van der Waals surface area contributed by atoms with Gasteiger partial charge in [-0.05, 0) is 31.0 Å². The van der Waals surface area contributed by atoms with Crippen LogP contribution < -0.4 is 16.0 Å². The molecule has 0 aliphatic rings. The Balaban J connectivity index is 0.00000625. The van der Waals surface area contributed by atoms with Crippen LogP contribution in [0.2, 0.25) is 0 Å². The number of hydrogen-bond donors (Lipinski definition) is 3. The summed E-state index contributed by atoms with van der Waals surface area (Å²) in [5.74, 6) is 2.96. The Hall–Kier alpha value is -1.79. The number of aliphatic imine (C=N–C) groups is 1. The first kappa shape index (κ1) is 24.2. The number of nitrogens with one attached hydrogen (secondary N) is 3. The standard InChI is InChI=1S/C19H28N4O2.HI/c1-4-6-12-25-13-8-11-21-19(20-3)22-15-18(24)23-17-10-7-9-16(5-2)14-17;/h2,7,9-10,14H,4,6,8,11-13,15H2,1,3H3,(H,23,24)(H2,20,21,22);1H. The van der Waals surface area contributed by atoms with Crippen molar-refractivity contribution >= 4 is 41.5 Å². The molecule has 0 fully saturated rings. The summed E-state index contributed by atoms with van der Waals surface area (Å²) in [5, 5.41) is 8.92. The van der Waals surface area contributed by atoms with Gasteiger partial charge in [0.1, 0.15) is 0 Å². The van der Waals surface area contributed by atoms with Crippen molar-refractivity contribution in [3.63, 3.8) is 0 Å². The third kappa shape index (κ3) is 10.9. The first-order valence-corrected chi connectivity index (χ1v) is 8.58. The van der Waals surface area contributed by atoms with Gasteiger partial charge in [0.2, 0.25) is 5.91 Å². The fraction of sp³-hybridized carbons (Fsp3) is 0.474. The molecule has 0 heterocycles. The van der Waals surface area contributed by atoms with Gasteiger partial charge in [-0.2, -0.15) is 0 Å². The van der Waals surface area contributed by atoms with Crippen LogP contribution in [0.15, 0.2) is 29.3 Å². The maximum absolute atomic E-state index is 12.0. The Kier molecular flexibility index (Phi) is 14.4. The van der Waals surface area contributed by atoms with E-state index < -0.39 is 0 Å². The van der Waals surface area contributed by atoms with Crippen LogP contribution in [0.1, 0.15) is 31.7 Å². The van der Waals surface area contributed by atoms with Gasteiger partial charge in [0.25, 0.3) is 0 Å². The Morgan fingerprint density at radius 1 is 1.27 bits per heavy atom. The number of nitrogens with zero attached hydrogens (tertiary/aromatic N) is 1. The number of guanidine groups is 1. The van der Waals surface area contributed by atoms with Crippen molar-refractivity contribution in [1.29, 1.82) is 0 Å². The van der Waals surface area contributed by atoms with E-state index >= 15 is 0 Å². The van der Waals surface area contributed by atoms with Crippen LogP contribution in [-0.4, -0.2) is 45.2 Å². The van der Waals surface area contributed by atoms with E-state index in [0.717, 1.165) is 44.6 Å². The van der Waals surface area contributed by atoms with Gasteiger partial charge >= 0.3 is 0 Å². The van der Waals surface area contributed by atoms with E-state index in [1.165, 1.54) is 0 Å². The summed E-state index contributed by atoms with van der Waals surface area (Å²) in [6, 6.07) is 7.17. The lowest BCUT2D eigenvalue weighted by Crippen LogP contribution is -2.41. The molecule has 0 aromatic heterocycles. The Morgan fingerprint density at radius 2 is 2.04 bits per heavy atom. The van der Waals surface area contributed by atoms with Crippen molar-refractivity contribution in [3.05, 3.63) is 29.8 Å². The minimum Gasteiger partial charge on any atom is -0.381 e. The largest absolute Gasteiger partial charge is 0.381 e. The summed E-state index contributed by atoms with van der Waals surface area (Å²) in [6.45, 7) is 4.52. The summed E-state index contributed by atoms with van der Waals surface area (Å²) in [5.41, 5.74) is 1.40. The summed E-state index contributed by atoms with van der Waals surface area (Å²) >= 11 is 0. The normalized spacial score (nSPS) is 10.4. The van der Waals surface area contributed by atoms with Crippen LogP contribution in [0.3, 0.4) is 0 Å². The molecule has 26 heavy (non-hydrogen) atoms. The molecule has 1 amide bonds. The fourth-order valence-electron chi connectivity index (χ4n) is 2.01. The fourth-order valence-corrected chi connectivity index (χ4v) is 2.01. The zero-order valence-corrected chi connectivity index (χ0v) is 17.8. The van der Waals surface area contributed by atoms with Crippen LogP contribution in [-0.2, 0) is 9.53 Å². The van der Waals surface area contributed by atoms with E-state index in [2.05, 4.69) is 33.8 Å². The van der Waals surface area contributed by atoms with Gasteiger partial charge < -0.3 is 20.7 Å². The average Bonchev–Trinajstić information content (AvgIpc) is 2.63. The molecular weight excluding hydrogens is 443 g/mol. The first-order chi connectivity index (χ1) is 12.2. The summed E-state index contributed by atoms with van der Waals surface area (Å²) < 4.78 is 5.49. The molecule has 0 spiro atoms. The number of benzene rings is 1. The zero-order chi connectivity index (χ0) is 18.3. The van der Waals surface area contributed by atoms with Crippen molar-refractivity contribution in [2.75, 3.05) is 38.7 Å². The van der Waals surface area contributed by atoms with E-state index in [9.17, 15) is 4.79 Å². The van der Waals surface area contributed by atoms with Crippen LogP contribution in [0.4, 0.5) is 5.69 Å². The predicted octanol–water partition coefficient (Wildman–Crippen LogP) is 2.60. The Labute approximate surface area is 173 Å². The Bertz CT molecular complexity index is 599. The number of rotatable bonds is 10. The summed E-state index contributed by atoms with van der Waals surface area (Å²) in [7, 11) is 1.67. The van der Waals surface area contributed by atoms with Crippen LogP contribution in [0, 0.1) is 12.3 Å². The van der Waals surface area contributed by atoms with Crippen LogP contribution >= 0.6 is 24.0 Å². The number of anilines is 1. The second kappa shape index (κ2) is 15.5. The lowest BCUT2D eigenvalue weighted by Gasteiger charge is -2.12. The van der Waals surface area contributed by atoms with E-state index in [4.69, 9.17) is 11.2 Å². The molecule has 0 bridgehead atoms. The van der Waals surface area contributed by atoms with E-state index in [1.54, 1.807) is 25.2 Å². The summed E-state index contributed by atoms with van der Waals surface area (Å²) in [6.07, 6.45) is 8.47. The third-order valence-corrected chi connectivity index (χ3v) is 3.35. The molecule has 7 heteroatoms. The number of terminal acetylenes is 1. The average molecular weight is 472 g/mol. The molecule has 1 aromatic carbocycles. The van der Waals surface area contributed by atoms with Crippen molar-refractivity contribution in [3.8, 4) is 12.3 Å². The van der Waals surface area contributed by atoms with Gasteiger partial charge in [-0.1, -0.05) is 25.3 Å². The molecule has 1 aromatic rings. The monoisotopic (exact) mass is 472 g/mol. The van der Waals surface area contributed by atoms with Crippen LogP contribution in [0.25, 0.3) is 0 Å². The lowest BCUT2D eigenvalue weighted by molar-refractivity contribution is -0.115. The van der Waals surface area contributed by atoms with Gasteiger partial charge in [0, 0.05) is 38.1 Å². The maximum Gasteiger partial charge on any atom is 0.243 e. The second-order valence-electron chi connectivity index (χ2n) is 5.45.